The molecule has 1 aromatic rings. The lowest BCUT2D eigenvalue weighted by Crippen LogP contribution is -2.32. The Labute approximate surface area is 189 Å². The van der Waals surface area contributed by atoms with Gasteiger partial charge in [-0.05, 0) is 33.6 Å². The number of hydrogen-bond acceptors (Lipinski definition) is 8. The average Bonchev–Trinajstić information content (AvgIpc) is 2.71. The molecule has 0 saturated carbocycles. The first-order valence-corrected chi connectivity index (χ1v) is 12.1. The minimum Gasteiger partial charge on any atom is -0.380 e. The Morgan fingerprint density at radius 1 is 1.29 bits per heavy atom. The van der Waals surface area contributed by atoms with E-state index in [2.05, 4.69) is 4.98 Å². The summed E-state index contributed by atoms with van der Waals surface area (Å²) in [4.78, 5) is 37.6. The van der Waals surface area contributed by atoms with Gasteiger partial charge >= 0.3 is 5.69 Å². The normalized spacial score (nSPS) is 14.2. The van der Waals surface area contributed by atoms with E-state index in [1.165, 1.54) is 28.6 Å². The molecular formula is C20H35N2O7PS. The molecule has 31 heavy (non-hydrogen) atoms. The van der Waals surface area contributed by atoms with Gasteiger partial charge in [0.2, 0.25) is 0 Å². The van der Waals surface area contributed by atoms with Gasteiger partial charge in [0.1, 0.15) is 0 Å². The fourth-order valence-electron chi connectivity index (χ4n) is 2.61. The van der Waals surface area contributed by atoms with Gasteiger partial charge in [0, 0.05) is 37.8 Å². The van der Waals surface area contributed by atoms with Crippen LogP contribution in [-0.2, 0) is 23.3 Å². The number of carbonyl (C=O) groups excluding carboxylic acids is 1. The highest BCUT2D eigenvalue weighted by atomic mass is 32.2. The van der Waals surface area contributed by atoms with Gasteiger partial charge in [0.05, 0.1) is 31.3 Å². The lowest BCUT2D eigenvalue weighted by atomic mass is 9.97. The third-order valence-corrected chi connectivity index (χ3v) is 6.22. The molecule has 0 aromatic carbocycles. The van der Waals surface area contributed by atoms with Crippen LogP contribution in [0.3, 0.4) is 0 Å². The molecule has 0 amide bonds. The number of nitrogens with zero attached hydrogens (tertiary/aromatic N) is 1. The van der Waals surface area contributed by atoms with Crippen molar-refractivity contribution < 1.29 is 23.3 Å². The molecular weight excluding hydrogens is 443 g/mol. The molecule has 1 heterocycles. The fraction of sp³-hybridized carbons (Fsp3) is 0.750. The zero-order chi connectivity index (χ0) is 23.3. The summed E-state index contributed by atoms with van der Waals surface area (Å²) in [6.07, 6.45) is 2.71. The summed E-state index contributed by atoms with van der Waals surface area (Å²) in [5.74, 6) is 0.548. The molecule has 0 fully saturated rings. The average molecular weight is 479 g/mol. The van der Waals surface area contributed by atoms with Crippen LogP contribution in [0, 0.1) is 5.41 Å². The first-order valence-electron chi connectivity index (χ1n) is 10.3. The van der Waals surface area contributed by atoms with E-state index in [0.29, 0.717) is 38.6 Å². The van der Waals surface area contributed by atoms with Gasteiger partial charge in [-0.2, -0.15) is 0 Å². The van der Waals surface area contributed by atoms with Crippen molar-refractivity contribution in [2.45, 2.75) is 52.7 Å². The van der Waals surface area contributed by atoms with Crippen molar-refractivity contribution in [3.8, 4) is 0 Å². The van der Waals surface area contributed by atoms with Gasteiger partial charge in [-0.3, -0.25) is 19.1 Å². The fourth-order valence-corrected chi connectivity index (χ4v) is 4.09. The standard InChI is InChI=1S/C20H35N2O7PS/c1-6-9-27-14-20(3,4)18(24)31-11-10-28-30-29-13-16(26-5)12-15(2)22-8-7-17(23)21-19(22)25/h7-8,15-16,30H,6,9-14H2,1-5H3,(H,21,23,25). The van der Waals surface area contributed by atoms with Crippen molar-refractivity contribution in [3.05, 3.63) is 33.1 Å². The van der Waals surface area contributed by atoms with E-state index in [1.807, 2.05) is 27.7 Å². The molecule has 0 aliphatic carbocycles. The second kappa shape index (κ2) is 14.9. The molecule has 11 heteroatoms. The molecule has 0 bridgehead atoms. The number of carbonyl (C=O) groups is 1. The maximum atomic E-state index is 12.3. The number of ether oxygens (including phenoxy) is 2. The number of hydrogen-bond donors (Lipinski definition) is 1. The van der Waals surface area contributed by atoms with Crippen LogP contribution in [0.25, 0.3) is 0 Å². The van der Waals surface area contributed by atoms with E-state index in [1.54, 1.807) is 7.11 Å². The Kier molecular flexibility index (Phi) is 13.5. The molecule has 9 nitrogen and oxygen atoms in total. The van der Waals surface area contributed by atoms with E-state index >= 15 is 0 Å². The van der Waals surface area contributed by atoms with Crippen molar-refractivity contribution in [2.24, 2.45) is 5.41 Å². The first kappa shape index (κ1) is 28.0. The molecule has 1 rings (SSSR count). The topological polar surface area (TPSA) is 109 Å². The van der Waals surface area contributed by atoms with Gasteiger partial charge in [-0.15, -0.1) is 0 Å². The highest BCUT2D eigenvalue weighted by Crippen LogP contribution is 2.25. The Morgan fingerprint density at radius 2 is 2.03 bits per heavy atom. The summed E-state index contributed by atoms with van der Waals surface area (Å²) in [6.45, 7) is 9.47. The summed E-state index contributed by atoms with van der Waals surface area (Å²) in [5, 5.41) is 0.0855. The zero-order valence-corrected chi connectivity index (χ0v) is 20.8. The van der Waals surface area contributed by atoms with Crippen molar-refractivity contribution in [1.82, 2.24) is 9.55 Å². The molecule has 1 aromatic heterocycles. The monoisotopic (exact) mass is 478 g/mol. The van der Waals surface area contributed by atoms with Crippen molar-refractivity contribution >= 4 is 25.9 Å². The van der Waals surface area contributed by atoms with Crippen LogP contribution in [0.1, 0.15) is 46.6 Å². The van der Waals surface area contributed by atoms with Gasteiger partial charge < -0.3 is 18.5 Å². The van der Waals surface area contributed by atoms with Crippen LogP contribution < -0.4 is 11.2 Å². The Morgan fingerprint density at radius 3 is 2.68 bits per heavy atom. The summed E-state index contributed by atoms with van der Waals surface area (Å²) in [6, 6.07) is 1.14. The minimum absolute atomic E-state index is 0.0855. The van der Waals surface area contributed by atoms with Crippen molar-refractivity contribution in [3.63, 3.8) is 0 Å². The van der Waals surface area contributed by atoms with E-state index in [-0.39, 0.29) is 26.3 Å². The zero-order valence-electron chi connectivity index (χ0n) is 19.0. The van der Waals surface area contributed by atoms with Gasteiger partial charge in [-0.1, -0.05) is 18.7 Å². The van der Waals surface area contributed by atoms with E-state index in [9.17, 15) is 14.4 Å². The minimum atomic E-state index is -0.519. The van der Waals surface area contributed by atoms with E-state index in [0.717, 1.165) is 6.42 Å². The smallest absolute Gasteiger partial charge is 0.328 e. The Balaban J connectivity index is 2.23. The number of rotatable bonds is 16. The first-order chi connectivity index (χ1) is 14.7. The molecule has 0 radical (unpaired) electrons. The number of aromatic amines is 1. The molecule has 1 N–H and O–H groups in total. The van der Waals surface area contributed by atoms with E-state index in [4.69, 9.17) is 18.5 Å². The molecule has 0 aliphatic heterocycles. The number of aromatic nitrogens is 2. The SMILES string of the molecule is CCCOCC(C)(C)C(=O)SCCOPOCC(CC(C)n1ccc(=O)[nH]c1=O)OC. The summed E-state index contributed by atoms with van der Waals surface area (Å²) >= 11 is 1.24. The lowest BCUT2D eigenvalue weighted by molar-refractivity contribution is -0.121. The van der Waals surface area contributed by atoms with Crippen LogP contribution in [0.4, 0.5) is 0 Å². The van der Waals surface area contributed by atoms with Crippen LogP contribution in [0.15, 0.2) is 21.9 Å². The number of methoxy groups -OCH3 is 1. The molecule has 178 valence electrons. The molecule has 0 saturated heterocycles. The van der Waals surface area contributed by atoms with Gasteiger partial charge in [0.25, 0.3) is 5.56 Å². The van der Waals surface area contributed by atoms with Crippen LogP contribution in [0.2, 0.25) is 0 Å². The lowest BCUT2D eigenvalue weighted by Gasteiger charge is -2.22. The third-order valence-electron chi connectivity index (χ3n) is 4.43. The number of H-pyrrole nitrogens is 1. The third kappa shape index (κ3) is 10.9. The number of thioether (sulfide) groups is 1. The predicted molar refractivity (Wildman–Crippen MR) is 124 cm³/mol. The maximum absolute atomic E-state index is 12.3. The second-order valence-electron chi connectivity index (χ2n) is 7.78. The summed E-state index contributed by atoms with van der Waals surface area (Å²) < 4.78 is 23.4. The Hall–Kier alpha value is -1.03. The van der Waals surface area contributed by atoms with Crippen LogP contribution in [0.5, 0.6) is 0 Å². The molecule has 3 unspecified atom stereocenters. The van der Waals surface area contributed by atoms with Gasteiger partial charge in [0.15, 0.2) is 14.1 Å². The molecule has 0 spiro atoms. The maximum Gasteiger partial charge on any atom is 0.328 e. The van der Waals surface area contributed by atoms with E-state index < -0.39 is 16.7 Å². The quantitative estimate of drug-likeness (QED) is 0.285. The Bertz CT molecular complexity index is 768. The highest BCUT2D eigenvalue weighted by molar-refractivity contribution is 8.13. The summed E-state index contributed by atoms with van der Waals surface area (Å²) in [7, 11) is 1.41. The number of nitrogens with one attached hydrogen (secondary N) is 1. The van der Waals surface area contributed by atoms with Crippen molar-refractivity contribution in [2.75, 3.05) is 39.3 Å². The molecule has 3 atom stereocenters. The van der Waals surface area contributed by atoms with Gasteiger partial charge in [-0.25, -0.2) is 4.79 Å². The van der Waals surface area contributed by atoms with Crippen LogP contribution in [-0.4, -0.2) is 60.1 Å². The summed E-state index contributed by atoms with van der Waals surface area (Å²) in [5.41, 5.74) is -1.39. The molecule has 0 aliphatic rings. The highest BCUT2D eigenvalue weighted by Gasteiger charge is 2.28. The largest absolute Gasteiger partial charge is 0.380 e. The van der Waals surface area contributed by atoms with Crippen LogP contribution >= 0.6 is 20.8 Å². The second-order valence-corrected chi connectivity index (χ2v) is 9.59. The predicted octanol–water partition coefficient (Wildman–Crippen LogP) is 2.76. The van der Waals surface area contributed by atoms with Crippen molar-refractivity contribution in [1.29, 1.82) is 0 Å².